The zero-order chi connectivity index (χ0) is 22.2. The predicted octanol–water partition coefficient (Wildman–Crippen LogP) is 6.39. The van der Waals surface area contributed by atoms with Gasteiger partial charge in [0.05, 0.1) is 5.69 Å². The third-order valence-corrected chi connectivity index (χ3v) is 7.15. The number of rotatable bonds is 4. The quantitative estimate of drug-likeness (QED) is 0.377. The molecule has 1 N–H and O–H groups in total. The van der Waals surface area contributed by atoms with Gasteiger partial charge < -0.3 is 4.98 Å². The number of hydrogen-bond donors (Lipinski definition) is 1. The Morgan fingerprint density at radius 1 is 0.939 bits per heavy atom. The maximum absolute atomic E-state index is 14.2. The fraction of sp³-hybridized carbons (Fsp3) is 0.207. The first kappa shape index (κ1) is 20.1. The van der Waals surface area contributed by atoms with Crippen LogP contribution in [-0.2, 0) is 0 Å². The van der Waals surface area contributed by atoms with Gasteiger partial charge in [0, 0.05) is 60.7 Å². The molecule has 2 aliphatic rings. The van der Waals surface area contributed by atoms with Gasteiger partial charge in [-0.3, -0.25) is 9.88 Å². The highest BCUT2D eigenvalue weighted by molar-refractivity contribution is 5.84. The van der Waals surface area contributed by atoms with Crippen LogP contribution in [0, 0.1) is 5.82 Å². The number of aromatic nitrogens is 2. The second kappa shape index (κ2) is 8.45. The molecule has 164 valence electrons. The average molecular weight is 436 g/mol. The van der Waals surface area contributed by atoms with Crippen molar-refractivity contribution in [2.45, 2.75) is 24.3 Å². The Morgan fingerprint density at radius 3 is 2.61 bits per heavy atom. The van der Waals surface area contributed by atoms with E-state index in [1.54, 1.807) is 12.1 Å². The highest BCUT2D eigenvalue weighted by Gasteiger charge is 2.44. The number of halogens is 1. The Bertz CT molecular complexity index is 1280. The summed E-state index contributed by atoms with van der Waals surface area (Å²) in [5.41, 5.74) is 6.73. The van der Waals surface area contributed by atoms with Gasteiger partial charge in [-0.15, -0.1) is 0 Å². The SMILES string of the molecule is Fc1cccc(-c2[nH]cc(C3C(c4ccccc4)CN4CCC=CC34)c2-c2ccncc2)c1. The summed E-state index contributed by atoms with van der Waals surface area (Å²) < 4.78 is 14.2. The molecule has 4 heterocycles. The summed E-state index contributed by atoms with van der Waals surface area (Å²) in [6, 6.07) is 22.2. The van der Waals surface area contributed by atoms with Gasteiger partial charge >= 0.3 is 0 Å². The van der Waals surface area contributed by atoms with E-state index < -0.39 is 0 Å². The maximum Gasteiger partial charge on any atom is 0.123 e. The second-order valence-corrected chi connectivity index (χ2v) is 8.99. The second-order valence-electron chi connectivity index (χ2n) is 8.99. The molecule has 1 fully saturated rings. The van der Waals surface area contributed by atoms with Crippen LogP contribution in [0.25, 0.3) is 22.4 Å². The van der Waals surface area contributed by atoms with Crippen molar-refractivity contribution in [2.24, 2.45) is 0 Å². The van der Waals surface area contributed by atoms with Crippen LogP contribution < -0.4 is 0 Å². The number of aromatic amines is 1. The lowest BCUT2D eigenvalue weighted by molar-refractivity contribution is 0.275. The van der Waals surface area contributed by atoms with E-state index in [-0.39, 0.29) is 5.82 Å². The van der Waals surface area contributed by atoms with Gasteiger partial charge in [0.15, 0.2) is 0 Å². The molecule has 0 amide bonds. The molecule has 0 bridgehead atoms. The summed E-state index contributed by atoms with van der Waals surface area (Å²) >= 11 is 0. The smallest absolute Gasteiger partial charge is 0.123 e. The minimum absolute atomic E-state index is 0.228. The van der Waals surface area contributed by atoms with Crippen molar-refractivity contribution in [3.63, 3.8) is 0 Å². The minimum Gasteiger partial charge on any atom is -0.360 e. The van der Waals surface area contributed by atoms with Gasteiger partial charge in [-0.2, -0.15) is 0 Å². The van der Waals surface area contributed by atoms with Crippen molar-refractivity contribution in [1.29, 1.82) is 0 Å². The number of nitrogens with one attached hydrogen (secondary N) is 1. The number of H-pyrrole nitrogens is 1. The van der Waals surface area contributed by atoms with Crippen molar-refractivity contribution in [1.82, 2.24) is 14.9 Å². The molecule has 4 aromatic rings. The molecule has 4 heteroatoms. The first-order chi connectivity index (χ1) is 16.3. The molecule has 0 aliphatic carbocycles. The molecule has 0 spiro atoms. The van der Waals surface area contributed by atoms with Gasteiger partial charge in [-0.1, -0.05) is 54.6 Å². The van der Waals surface area contributed by atoms with Gasteiger partial charge in [0.25, 0.3) is 0 Å². The number of nitrogens with zero attached hydrogens (tertiary/aromatic N) is 2. The third kappa shape index (κ3) is 3.61. The van der Waals surface area contributed by atoms with E-state index in [1.807, 2.05) is 18.5 Å². The summed E-state index contributed by atoms with van der Waals surface area (Å²) in [4.78, 5) is 10.4. The molecule has 3 unspecified atom stereocenters. The van der Waals surface area contributed by atoms with Gasteiger partial charge in [0.2, 0.25) is 0 Å². The van der Waals surface area contributed by atoms with E-state index in [1.165, 1.54) is 17.2 Å². The van der Waals surface area contributed by atoms with Crippen molar-refractivity contribution in [3.05, 3.63) is 114 Å². The van der Waals surface area contributed by atoms with Crippen LogP contribution >= 0.6 is 0 Å². The molecule has 3 atom stereocenters. The third-order valence-electron chi connectivity index (χ3n) is 7.15. The Labute approximate surface area is 193 Å². The average Bonchev–Trinajstić information content (AvgIpc) is 3.47. The Balaban J connectivity index is 1.56. The molecule has 3 nitrogen and oxygen atoms in total. The van der Waals surface area contributed by atoms with Gasteiger partial charge in [-0.25, -0.2) is 4.39 Å². The molecular weight excluding hydrogens is 409 g/mol. The number of pyridine rings is 1. The molecule has 1 saturated heterocycles. The summed E-state index contributed by atoms with van der Waals surface area (Å²) in [6.45, 7) is 2.13. The Kier molecular flexibility index (Phi) is 5.16. The molecule has 6 rings (SSSR count). The van der Waals surface area contributed by atoms with Gasteiger partial charge in [0.1, 0.15) is 5.82 Å². The largest absolute Gasteiger partial charge is 0.360 e. The van der Waals surface area contributed by atoms with Crippen LogP contribution in [0.1, 0.15) is 29.4 Å². The number of hydrogen-bond acceptors (Lipinski definition) is 2. The fourth-order valence-corrected chi connectivity index (χ4v) is 5.73. The van der Waals surface area contributed by atoms with E-state index in [0.717, 1.165) is 41.9 Å². The minimum atomic E-state index is -0.228. The van der Waals surface area contributed by atoms with Gasteiger partial charge in [-0.05, 0) is 47.4 Å². The Morgan fingerprint density at radius 2 is 1.79 bits per heavy atom. The number of fused-ring (bicyclic) bond motifs is 1. The topological polar surface area (TPSA) is 31.9 Å². The van der Waals surface area contributed by atoms with Crippen LogP contribution in [0.4, 0.5) is 4.39 Å². The van der Waals surface area contributed by atoms with Crippen LogP contribution in [-0.4, -0.2) is 34.0 Å². The van der Waals surface area contributed by atoms with E-state index in [9.17, 15) is 4.39 Å². The molecule has 2 aromatic carbocycles. The van der Waals surface area contributed by atoms with E-state index in [4.69, 9.17) is 0 Å². The van der Waals surface area contributed by atoms with Crippen molar-refractivity contribution >= 4 is 0 Å². The summed E-state index contributed by atoms with van der Waals surface area (Å²) in [7, 11) is 0. The molecule has 0 saturated carbocycles. The van der Waals surface area contributed by atoms with Crippen molar-refractivity contribution in [3.8, 4) is 22.4 Å². The number of benzene rings is 2. The Hall–Kier alpha value is -3.50. The lowest BCUT2D eigenvalue weighted by Crippen LogP contribution is -2.33. The van der Waals surface area contributed by atoms with Crippen molar-refractivity contribution in [2.75, 3.05) is 13.1 Å². The first-order valence-electron chi connectivity index (χ1n) is 11.6. The fourth-order valence-electron chi connectivity index (χ4n) is 5.73. The van der Waals surface area contributed by atoms with Crippen LogP contribution in [0.5, 0.6) is 0 Å². The molecule has 33 heavy (non-hydrogen) atoms. The van der Waals surface area contributed by atoms with Crippen LogP contribution in [0.2, 0.25) is 0 Å². The van der Waals surface area contributed by atoms with Crippen molar-refractivity contribution < 1.29 is 4.39 Å². The lowest BCUT2D eigenvalue weighted by Gasteiger charge is -2.29. The van der Waals surface area contributed by atoms with E-state index >= 15 is 0 Å². The molecule has 2 aromatic heterocycles. The maximum atomic E-state index is 14.2. The predicted molar refractivity (Wildman–Crippen MR) is 130 cm³/mol. The summed E-state index contributed by atoms with van der Waals surface area (Å²) in [5.74, 6) is 0.454. The highest BCUT2D eigenvalue weighted by Crippen LogP contribution is 2.50. The first-order valence-corrected chi connectivity index (χ1v) is 11.6. The standard InChI is InChI=1S/C29H26FN3/c30-23-10-6-9-22(17-23)29-27(21-12-14-31-15-13-21)24(18-32-29)28-25(20-7-2-1-3-8-20)19-33-16-5-4-11-26(28)33/h1-4,6-15,17-18,25-26,28,32H,5,16,19H2. The lowest BCUT2D eigenvalue weighted by atomic mass is 9.78. The zero-order valence-electron chi connectivity index (χ0n) is 18.4. The molecular formula is C29H26FN3. The highest BCUT2D eigenvalue weighted by atomic mass is 19.1. The van der Waals surface area contributed by atoms with E-state index in [0.29, 0.717) is 17.9 Å². The normalized spacial score (nSPS) is 22.4. The van der Waals surface area contributed by atoms with Crippen LogP contribution in [0.3, 0.4) is 0 Å². The molecule has 2 aliphatic heterocycles. The molecule has 0 radical (unpaired) electrons. The zero-order valence-corrected chi connectivity index (χ0v) is 18.4. The van der Waals surface area contributed by atoms with Crippen LogP contribution in [0.15, 0.2) is 97.5 Å². The monoisotopic (exact) mass is 435 g/mol. The summed E-state index contributed by atoms with van der Waals surface area (Å²) in [5, 5.41) is 0. The summed E-state index contributed by atoms with van der Waals surface area (Å²) in [6.07, 6.45) is 11.6. The van der Waals surface area contributed by atoms with E-state index in [2.05, 4.69) is 75.7 Å².